The van der Waals surface area contributed by atoms with E-state index in [1.54, 1.807) is 4.90 Å². The van der Waals surface area contributed by atoms with Crippen molar-refractivity contribution in [3.8, 4) is 0 Å². The molecule has 0 radical (unpaired) electrons. The third-order valence-corrected chi connectivity index (χ3v) is 5.12. The van der Waals surface area contributed by atoms with Crippen molar-refractivity contribution in [1.29, 1.82) is 0 Å². The van der Waals surface area contributed by atoms with E-state index in [1.807, 2.05) is 13.0 Å². The molecule has 2 aromatic rings. The molecule has 1 amide bonds. The quantitative estimate of drug-likeness (QED) is 0.846. The maximum absolute atomic E-state index is 12.1. The van der Waals surface area contributed by atoms with Gasteiger partial charge in [-0.25, -0.2) is 14.8 Å². The van der Waals surface area contributed by atoms with Gasteiger partial charge in [0.1, 0.15) is 5.82 Å². The number of nitrogens with zero attached hydrogens (tertiary/aromatic N) is 3. The number of hydrogen-bond acceptors (Lipinski definition) is 4. The topological polar surface area (TPSA) is 55.3 Å². The van der Waals surface area contributed by atoms with Gasteiger partial charge in [0.25, 0.3) is 0 Å². The van der Waals surface area contributed by atoms with E-state index >= 15 is 0 Å². The summed E-state index contributed by atoms with van der Waals surface area (Å²) in [6.07, 6.45) is 4.58. The fourth-order valence-corrected chi connectivity index (χ4v) is 3.63. The highest BCUT2D eigenvalue weighted by Gasteiger charge is 2.31. The molecule has 1 aliphatic heterocycles. The number of aromatic nitrogens is 2. The molecule has 0 unspecified atom stereocenters. The Kier molecular flexibility index (Phi) is 4.87. The van der Waals surface area contributed by atoms with Crippen LogP contribution in [0, 0.1) is 0 Å². The van der Waals surface area contributed by atoms with Crippen LogP contribution in [0.2, 0.25) is 0 Å². The highest BCUT2D eigenvalue weighted by Crippen LogP contribution is 2.41. The number of fused-ring (bicyclic) bond motifs is 1. The van der Waals surface area contributed by atoms with Gasteiger partial charge >= 0.3 is 6.09 Å². The average molecular weight is 351 g/mol. The monoisotopic (exact) mass is 351 g/mol. The smallest absolute Gasteiger partial charge is 0.409 e. The van der Waals surface area contributed by atoms with E-state index in [0.717, 1.165) is 30.8 Å². The highest BCUT2D eigenvalue weighted by molar-refractivity contribution is 5.67. The third-order valence-electron chi connectivity index (χ3n) is 5.12. The van der Waals surface area contributed by atoms with Gasteiger partial charge in [-0.15, -0.1) is 0 Å². The largest absolute Gasteiger partial charge is 0.450 e. The Bertz CT molecular complexity index is 787. The Hall–Kier alpha value is -2.43. The summed E-state index contributed by atoms with van der Waals surface area (Å²) in [6, 6.07) is 10.4. The summed E-state index contributed by atoms with van der Waals surface area (Å²) >= 11 is 0. The van der Waals surface area contributed by atoms with Gasteiger partial charge in [0.2, 0.25) is 0 Å². The highest BCUT2D eigenvalue weighted by atomic mass is 16.6. The van der Waals surface area contributed by atoms with E-state index < -0.39 is 0 Å². The number of rotatable bonds is 4. The van der Waals surface area contributed by atoms with E-state index in [2.05, 4.69) is 24.3 Å². The molecule has 0 spiro atoms. The van der Waals surface area contributed by atoms with Gasteiger partial charge in [-0.2, -0.15) is 0 Å². The van der Waals surface area contributed by atoms with Crippen LogP contribution < -0.4 is 0 Å². The number of carbonyl (C=O) groups excluding carboxylic acids is 1. The summed E-state index contributed by atoms with van der Waals surface area (Å²) in [5.41, 5.74) is 4.86. The summed E-state index contributed by atoms with van der Waals surface area (Å²) in [6.45, 7) is 3.61. The molecule has 5 heteroatoms. The van der Waals surface area contributed by atoms with Gasteiger partial charge in [-0.3, -0.25) is 0 Å². The molecule has 5 nitrogen and oxygen atoms in total. The van der Waals surface area contributed by atoms with Gasteiger partial charge in [0, 0.05) is 37.5 Å². The molecule has 0 atom stereocenters. The van der Waals surface area contributed by atoms with E-state index in [1.165, 1.54) is 29.7 Å². The molecule has 0 bridgehead atoms. The molecule has 1 aromatic carbocycles. The van der Waals surface area contributed by atoms with Crippen molar-refractivity contribution in [2.75, 3.05) is 19.7 Å². The number of carbonyl (C=O) groups is 1. The first kappa shape index (κ1) is 17.0. The van der Waals surface area contributed by atoms with Crippen molar-refractivity contribution in [2.45, 2.75) is 44.9 Å². The van der Waals surface area contributed by atoms with Gasteiger partial charge in [0.05, 0.1) is 12.3 Å². The van der Waals surface area contributed by atoms with Crippen molar-refractivity contribution in [1.82, 2.24) is 14.9 Å². The predicted octanol–water partition coefficient (Wildman–Crippen LogP) is 3.50. The van der Waals surface area contributed by atoms with E-state index in [9.17, 15) is 4.79 Å². The molecular formula is C21H25N3O2. The first-order chi connectivity index (χ1) is 12.7. The van der Waals surface area contributed by atoms with Crippen molar-refractivity contribution >= 4 is 6.09 Å². The molecule has 1 aliphatic carbocycles. The maximum Gasteiger partial charge on any atom is 0.409 e. The normalized spacial score (nSPS) is 16.7. The van der Waals surface area contributed by atoms with Gasteiger partial charge < -0.3 is 9.64 Å². The Labute approximate surface area is 154 Å². The van der Waals surface area contributed by atoms with Crippen LogP contribution in [0.3, 0.4) is 0 Å². The van der Waals surface area contributed by atoms with Crippen LogP contribution in [0.1, 0.15) is 54.0 Å². The predicted molar refractivity (Wildman–Crippen MR) is 99.3 cm³/mol. The van der Waals surface area contributed by atoms with Gasteiger partial charge in [0.15, 0.2) is 0 Å². The molecule has 136 valence electrons. The minimum atomic E-state index is -0.217. The summed E-state index contributed by atoms with van der Waals surface area (Å²) < 4.78 is 5.18. The van der Waals surface area contributed by atoms with Crippen LogP contribution in [-0.2, 0) is 24.0 Å². The second kappa shape index (κ2) is 7.44. The second-order valence-corrected chi connectivity index (χ2v) is 7.07. The summed E-state index contributed by atoms with van der Waals surface area (Å²) in [7, 11) is 0. The Morgan fingerprint density at radius 2 is 1.92 bits per heavy atom. The zero-order valence-electron chi connectivity index (χ0n) is 15.3. The second-order valence-electron chi connectivity index (χ2n) is 7.07. The summed E-state index contributed by atoms with van der Waals surface area (Å²) in [4.78, 5) is 23.7. The van der Waals surface area contributed by atoms with Crippen molar-refractivity contribution in [3.63, 3.8) is 0 Å². The van der Waals surface area contributed by atoms with Crippen LogP contribution >= 0.6 is 0 Å². The van der Waals surface area contributed by atoms with Crippen molar-refractivity contribution in [2.24, 2.45) is 0 Å². The Morgan fingerprint density at radius 1 is 1.15 bits per heavy atom. The summed E-state index contributed by atoms with van der Waals surface area (Å²) in [5, 5.41) is 0. The summed E-state index contributed by atoms with van der Waals surface area (Å²) in [5.74, 6) is 1.48. The van der Waals surface area contributed by atoms with Crippen molar-refractivity contribution in [3.05, 3.63) is 58.7 Å². The molecular weight excluding hydrogens is 326 g/mol. The average Bonchev–Trinajstić information content (AvgIpc) is 3.49. The standard InChI is InChI=1S/C21H25N3O2/c1-2-26-21(25)24-12-10-17-18(11-13-24)22-19(23-20(17)16-8-9-16)14-15-6-4-3-5-7-15/h3-7,16H,2,8-14H2,1H3. The number of amides is 1. The van der Waals surface area contributed by atoms with Crippen LogP contribution in [0.4, 0.5) is 4.79 Å². The van der Waals surface area contributed by atoms with Gasteiger partial charge in [-0.05, 0) is 37.3 Å². The minimum absolute atomic E-state index is 0.217. The maximum atomic E-state index is 12.1. The van der Waals surface area contributed by atoms with E-state index in [4.69, 9.17) is 14.7 Å². The SMILES string of the molecule is CCOC(=O)N1CCc2nc(Cc3ccccc3)nc(C3CC3)c2CC1. The van der Waals surface area contributed by atoms with Crippen LogP contribution in [0.5, 0.6) is 0 Å². The van der Waals surface area contributed by atoms with E-state index in [-0.39, 0.29) is 6.09 Å². The first-order valence-corrected chi connectivity index (χ1v) is 9.58. The lowest BCUT2D eigenvalue weighted by atomic mass is 10.0. The molecule has 2 heterocycles. The van der Waals surface area contributed by atoms with Crippen LogP contribution in [0.25, 0.3) is 0 Å². The lowest BCUT2D eigenvalue weighted by molar-refractivity contribution is 0.109. The third kappa shape index (κ3) is 3.71. The molecule has 2 aliphatic rings. The molecule has 1 fully saturated rings. The lowest BCUT2D eigenvalue weighted by Crippen LogP contribution is -2.33. The zero-order valence-corrected chi connectivity index (χ0v) is 15.3. The fourth-order valence-electron chi connectivity index (χ4n) is 3.63. The minimum Gasteiger partial charge on any atom is -0.450 e. The lowest BCUT2D eigenvalue weighted by Gasteiger charge is -2.18. The number of benzene rings is 1. The van der Waals surface area contributed by atoms with E-state index in [0.29, 0.717) is 25.6 Å². The van der Waals surface area contributed by atoms with Gasteiger partial charge in [-0.1, -0.05) is 30.3 Å². The molecule has 1 aromatic heterocycles. The number of ether oxygens (including phenoxy) is 1. The van der Waals surface area contributed by atoms with Crippen LogP contribution in [-0.4, -0.2) is 40.7 Å². The fraction of sp³-hybridized carbons (Fsp3) is 0.476. The molecule has 0 N–H and O–H groups in total. The zero-order chi connectivity index (χ0) is 17.9. The Morgan fingerprint density at radius 3 is 2.65 bits per heavy atom. The van der Waals surface area contributed by atoms with Crippen LogP contribution in [0.15, 0.2) is 30.3 Å². The first-order valence-electron chi connectivity index (χ1n) is 9.58. The molecule has 26 heavy (non-hydrogen) atoms. The molecule has 4 rings (SSSR count). The number of hydrogen-bond donors (Lipinski definition) is 0. The Balaban J connectivity index is 1.60. The molecule has 0 saturated heterocycles. The molecule has 1 saturated carbocycles. The van der Waals surface area contributed by atoms with Crippen molar-refractivity contribution < 1.29 is 9.53 Å².